The van der Waals surface area contributed by atoms with Gasteiger partial charge in [0.05, 0.1) is 7.05 Å². The molecule has 0 bridgehead atoms. The van der Waals surface area contributed by atoms with E-state index in [-0.39, 0.29) is 22.8 Å². The Morgan fingerprint density at radius 2 is 1.64 bits per heavy atom. The van der Waals surface area contributed by atoms with Crippen molar-refractivity contribution in [3.8, 4) is 11.3 Å². The quantitative estimate of drug-likeness (QED) is 0.571. The summed E-state index contributed by atoms with van der Waals surface area (Å²) in [4.78, 5) is 12.5. The first kappa shape index (κ1) is 19.1. The molecule has 0 spiro atoms. The number of aromatic nitrogens is 2. The van der Waals surface area contributed by atoms with Crippen LogP contribution in [0.2, 0.25) is 0 Å². The molecule has 0 atom stereocenters. The number of carbonyl (C=O) groups excluding carboxylic acids is 1. The fourth-order valence-corrected chi connectivity index (χ4v) is 3.12. The van der Waals surface area contributed by atoms with Gasteiger partial charge in [-0.25, -0.2) is 9.13 Å². The molecule has 0 saturated heterocycles. The van der Waals surface area contributed by atoms with Gasteiger partial charge in [0.25, 0.3) is 0 Å². The number of aryl methyl sites for hydroxylation is 3. The molecule has 4 heteroatoms. The number of hydrogen-bond donors (Lipinski definition) is 0. The van der Waals surface area contributed by atoms with Gasteiger partial charge in [-0.05, 0) is 30.5 Å². The molecule has 0 radical (unpaired) electrons. The molecule has 130 valence electrons. The highest BCUT2D eigenvalue weighted by molar-refractivity contribution is 5.80. The highest BCUT2D eigenvalue weighted by Crippen LogP contribution is 2.17. The Morgan fingerprint density at radius 3 is 2.28 bits per heavy atom. The van der Waals surface area contributed by atoms with E-state index in [1.807, 2.05) is 48.4 Å². The van der Waals surface area contributed by atoms with Crippen LogP contribution < -0.4 is 21.5 Å². The Hall–Kier alpha value is -2.20. The SMILES string of the molecule is Cc1cccc(C)c1CC(=O)C[n+]1cc(-c2ccccc2)n(C)c1.[Br-]. The van der Waals surface area contributed by atoms with Gasteiger partial charge >= 0.3 is 0 Å². The van der Waals surface area contributed by atoms with Crippen molar-refractivity contribution in [2.45, 2.75) is 26.8 Å². The molecule has 0 amide bonds. The predicted octanol–water partition coefficient (Wildman–Crippen LogP) is 0.412. The van der Waals surface area contributed by atoms with Gasteiger partial charge in [0.2, 0.25) is 6.33 Å². The van der Waals surface area contributed by atoms with Crippen molar-refractivity contribution in [2.24, 2.45) is 7.05 Å². The highest BCUT2D eigenvalue weighted by atomic mass is 79.9. The fourth-order valence-electron chi connectivity index (χ4n) is 3.12. The smallest absolute Gasteiger partial charge is 0.244 e. The lowest BCUT2D eigenvalue weighted by Gasteiger charge is -2.07. The molecule has 3 aromatic rings. The molecule has 0 unspecified atom stereocenters. The number of halogens is 1. The minimum absolute atomic E-state index is 0. The van der Waals surface area contributed by atoms with E-state index in [4.69, 9.17) is 0 Å². The Balaban J connectivity index is 0.00000225. The summed E-state index contributed by atoms with van der Waals surface area (Å²) in [6, 6.07) is 16.4. The summed E-state index contributed by atoms with van der Waals surface area (Å²) in [7, 11) is 2.01. The van der Waals surface area contributed by atoms with Gasteiger partial charge in [0.1, 0.15) is 12.7 Å². The van der Waals surface area contributed by atoms with Crippen molar-refractivity contribution < 1.29 is 26.3 Å². The van der Waals surface area contributed by atoms with Crippen LogP contribution in [-0.2, 0) is 24.8 Å². The van der Waals surface area contributed by atoms with E-state index in [2.05, 4.69) is 42.7 Å². The summed E-state index contributed by atoms with van der Waals surface area (Å²) < 4.78 is 4.03. The van der Waals surface area contributed by atoms with Crippen LogP contribution in [0.5, 0.6) is 0 Å². The zero-order valence-corrected chi connectivity index (χ0v) is 16.5. The molecule has 0 fully saturated rings. The predicted molar refractivity (Wildman–Crippen MR) is 95.7 cm³/mol. The highest BCUT2D eigenvalue weighted by Gasteiger charge is 2.16. The van der Waals surface area contributed by atoms with Crippen LogP contribution in [0.3, 0.4) is 0 Å². The van der Waals surface area contributed by atoms with Crippen LogP contribution in [0, 0.1) is 13.8 Å². The minimum Gasteiger partial charge on any atom is -1.00 e. The van der Waals surface area contributed by atoms with Crippen LogP contribution in [0.4, 0.5) is 0 Å². The molecule has 25 heavy (non-hydrogen) atoms. The van der Waals surface area contributed by atoms with E-state index in [0.717, 1.165) is 16.8 Å². The molecule has 1 aromatic heterocycles. The van der Waals surface area contributed by atoms with Gasteiger partial charge in [0.15, 0.2) is 11.5 Å². The molecule has 1 heterocycles. The first-order chi connectivity index (χ1) is 11.5. The number of carbonyl (C=O) groups is 1. The average Bonchev–Trinajstić information content (AvgIpc) is 2.92. The summed E-state index contributed by atoms with van der Waals surface area (Å²) in [6.45, 7) is 4.53. The first-order valence-electron chi connectivity index (χ1n) is 8.22. The standard InChI is InChI=1S/C21H23N2O.BrH/c1-16-8-7-9-17(2)20(16)12-19(24)13-23-14-21(22(3)15-23)18-10-5-4-6-11-18;/h4-11,14-15H,12-13H2,1-3H3;1H/q+1;/p-1. The van der Waals surface area contributed by atoms with Crippen molar-refractivity contribution in [3.05, 3.63) is 77.7 Å². The van der Waals surface area contributed by atoms with Crippen molar-refractivity contribution in [2.75, 3.05) is 0 Å². The van der Waals surface area contributed by atoms with Crippen molar-refractivity contribution in [3.63, 3.8) is 0 Å². The number of hydrogen-bond acceptors (Lipinski definition) is 1. The van der Waals surface area contributed by atoms with Gasteiger partial charge in [0, 0.05) is 12.0 Å². The Labute approximate surface area is 159 Å². The monoisotopic (exact) mass is 398 g/mol. The number of imidazole rings is 1. The van der Waals surface area contributed by atoms with Crippen LogP contribution in [0.15, 0.2) is 61.1 Å². The lowest BCUT2D eigenvalue weighted by atomic mass is 9.98. The molecule has 0 saturated carbocycles. The van der Waals surface area contributed by atoms with Crippen molar-refractivity contribution in [1.82, 2.24) is 4.57 Å². The zero-order chi connectivity index (χ0) is 17.1. The summed E-state index contributed by atoms with van der Waals surface area (Å²) in [6.07, 6.45) is 4.50. The van der Waals surface area contributed by atoms with E-state index >= 15 is 0 Å². The maximum absolute atomic E-state index is 12.5. The van der Waals surface area contributed by atoms with Crippen LogP contribution in [0.25, 0.3) is 11.3 Å². The van der Waals surface area contributed by atoms with E-state index in [9.17, 15) is 4.79 Å². The van der Waals surface area contributed by atoms with Gasteiger partial charge in [-0.3, -0.25) is 4.79 Å². The third-order valence-corrected chi connectivity index (χ3v) is 4.44. The summed E-state index contributed by atoms with van der Waals surface area (Å²) in [5.41, 5.74) is 5.79. The van der Waals surface area contributed by atoms with Crippen molar-refractivity contribution in [1.29, 1.82) is 0 Å². The summed E-state index contributed by atoms with van der Waals surface area (Å²) in [5, 5.41) is 0. The lowest BCUT2D eigenvalue weighted by molar-refractivity contribution is -0.683. The number of Topliss-reactive ketones (excluding diaryl/α,β-unsaturated/α-hetero) is 1. The molecule has 2 aromatic carbocycles. The second-order valence-corrected chi connectivity index (χ2v) is 6.36. The minimum atomic E-state index is 0. The van der Waals surface area contributed by atoms with Crippen LogP contribution in [0.1, 0.15) is 16.7 Å². The zero-order valence-electron chi connectivity index (χ0n) is 14.9. The third-order valence-electron chi connectivity index (χ3n) is 4.44. The largest absolute Gasteiger partial charge is 1.00 e. The topological polar surface area (TPSA) is 25.9 Å². The third kappa shape index (κ3) is 4.45. The van der Waals surface area contributed by atoms with E-state index in [1.54, 1.807) is 0 Å². The summed E-state index contributed by atoms with van der Waals surface area (Å²) in [5.74, 6) is 0.225. The van der Waals surface area contributed by atoms with Crippen LogP contribution >= 0.6 is 0 Å². The second-order valence-electron chi connectivity index (χ2n) is 6.36. The van der Waals surface area contributed by atoms with E-state index < -0.39 is 0 Å². The Morgan fingerprint density at radius 1 is 1.00 bits per heavy atom. The molecule has 0 N–H and O–H groups in total. The molecule has 3 nitrogen and oxygen atoms in total. The van der Waals surface area contributed by atoms with E-state index in [1.165, 1.54) is 11.1 Å². The number of nitrogens with zero attached hydrogens (tertiary/aromatic N) is 2. The maximum atomic E-state index is 12.5. The lowest BCUT2D eigenvalue weighted by Crippen LogP contribution is -3.00. The van der Waals surface area contributed by atoms with Gasteiger partial charge in [-0.2, -0.15) is 0 Å². The molecular weight excluding hydrogens is 376 g/mol. The van der Waals surface area contributed by atoms with E-state index in [0.29, 0.717) is 13.0 Å². The maximum Gasteiger partial charge on any atom is 0.244 e. The number of ketones is 1. The Kier molecular flexibility index (Phi) is 6.32. The molecule has 3 rings (SSSR count). The summed E-state index contributed by atoms with van der Waals surface area (Å²) >= 11 is 0. The van der Waals surface area contributed by atoms with Crippen LogP contribution in [-0.4, -0.2) is 10.4 Å². The second kappa shape index (κ2) is 8.26. The Bertz CT molecular complexity index is 849. The van der Waals surface area contributed by atoms with Crippen molar-refractivity contribution >= 4 is 5.78 Å². The molecule has 0 aliphatic heterocycles. The average molecular weight is 399 g/mol. The van der Waals surface area contributed by atoms with Gasteiger partial charge in [-0.15, -0.1) is 0 Å². The first-order valence-corrected chi connectivity index (χ1v) is 8.22. The number of benzene rings is 2. The normalized spacial score (nSPS) is 10.4. The fraction of sp³-hybridized carbons (Fsp3) is 0.238. The van der Waals surface area contributed by atoms with Gasteiger partial charge in [-0.1, -0.05) is 48.5 Å². The molecule has 0 aliphatic rings. The number of rotatable bonds is 5. The molecule has 0 aliphatic carbocycles. The van der Waals surface area contributed by atoms with Gasteiger partial charge < -0.3 is 17.0 Å². The molecular formula is C21H23BrN2O.